The molecule has 3 fully saturated rings. The first-order valence-corrected chi connectivity index (χ1v) is 12.3. The number of fused-ring (bicyclic) bond motifs is 1. The number of para-hydroxylation sites is 1. The quantitative estimate of drug-likeness (QED) is 0.689. The summed E-state index contributed by atoms with van der Waals surface area (Å²) in [7, 11) is 0. The molecule has 2 aromatic carbocycles. The van der Waals surface area contributed by atoms with E-state index in [9.17, 15) is 14.7 Å². The maximum atomic E-state index is 12.8. The van der Waals surface area contributed by atoms with E-state index in [1.54, 1.807) is 9.80 Å². The molecule has 2 saturated heterocycles. The van der Waals surface area contributed by atoms with Gasteiger partial charge in [0.15, 0.2) is 0 Å². The van der Waals surface area contributed by atoms with Crippen LogP contribution >= 0.6 is 0 Å². The molecule has 6 heteroatoms. The third-order valence-corrected chi connectivity index (χ3v) is 7.39. The molecule has 3 aliphatic rings. The van der Waals surface area contributed by atoms with E-state index in [0.717, 1.165) is 11.1 Å². The Morgan fingerprint density at radius 1 is 1.03 bits per heavy atom. The summed E-state index contributed by atoms with van der Waals surface area (Å²) in [5.41, 5.74) is 2.77. The number of anilines is 1. The number of aliphatic hydroxyl groups is 1. The minimum atomic E-state index is -0.279. The zero-order valence-corrected chi connectivity index (χ0v) is 19.3. The minimum absolute atomic E-state index is 0.0124. The van der Waals surface area contributed by atoms with Gasteiger partial charge < -0.3 is 20.2 Å². The van der Waals surface area contributed by atoms with Gasteiger partial charge in [-0.1, -0.05) is 61.4 Å². The molecule has 2 aliphatic heterocycles. The fourth-order valence-electron chi connectivity index (χ4n) is 5.60. The van der Waals surface area contributed by atoms with Gasteiger partial charge in [-0.3, -0.25) is 4.79 Å². The summed E-state index contributed by atoms with van der Waals surface area (Å²) < 4.78 is 0. The summed E-state index contributed by atoms with van der Waals surface area (Å²) in [5.74, 6) is 7.13. The molecule has 0 unspecified atom stereocenters. The average Bonchev–Trinajstić information content (AvgIpc) is 2.86. The third-order valence-electron chi connectivity index (χ3n) is 7.39. The molecule has 0 radical (unpaired) electrons. The molecule has 1 aliphatic carbocycles. The first kappa shape index (κ1) is 22.5. The number of urea groups is 1. The highest BCUT2D eigenvalue weighted by Gasteiger charge is 2.54. The smallest absolute Gasteiger partial charge is 0.322 e. The van der Waals surface area contributed by atoms with E-state index in [2.05, 4.69) is 29.3 Å². The molecule has 2 aromatic rings. The summed E-state index contributed by atoms with van der Waals surface area (Å²) in [5, 5.41) is 12.9. The van der Waals surface area contributed by atoms with Crippen LogP contribution in [0.5, 0.6) is 0 Å². The molecule has 2 heterocycles. The second-order valence-electron chi connectivity index (χ2n) is 9.55. The third kappa shape index (κ3) is 4.53. The maximum absolute atomic E-state index is 12.8. The summed E-state index contributed by atoms with van der Waals surface area (Å²) >= 11 is 0. The highest BCUT2D eigenvalue weighted by Crippen LogP contribution is 2.43. The van der Waals surface area contributed by atoms with Crippen molar-refractivity contribution < 1.29 is 14.7 Å². The van der Waals surface area contributed by atoms with Crippen molar-refractivity contribution in [2.75, 3.05) is 25.0 Å². The highest BCUT2D eigenvalue weighted by atomic mass is 16.3. The number of nitrogens with zero attached hydrogens (tertiary/aromatic N) is 2. The second kappa shape index (κ2) is 9.90. The topological polar surface area (TPSA) is 72.9 Å². The number of aliphatic hydroxyl groups excluding tert-OH is 1. The van der Waals surface area contributed by atoms with Gasteiger partial charge in [0, 0.05) is 29.6 Å². The molecule has 0 bridgehead atoms. The molecule has 6 nitrogen and oxygen atoms in total. The van der Waals surface area contributed by atoms with Crippen molar-refractivity contribution in [2.24, 2.45) is 5.92 Å². The lowest BCUT2D eigenvalue weighted by molar-refractivity contribution is -0.159. The number of rotatable bonds is 3. The Morgan fingerprint density at radius 2 is 1.76 bits per heavy atom. The Balaban J connectivity index is 1.28. The SMILES string of the molecule is O=C(Nc1ccccc1)N1CC(=O)N2[C@H](C1)[C@@H](c1ccc(C#CC3CCCCC3)cc1)[C@@H]2CO. The Labute approximate surface area is 200 Å². The number of hydrogen-bond donors (Lipinski definition) is 2. The Kier molecular flexibility index (Phi) is 6.55. The van der Waals surface area contributed by atoms with Gasteiger partial charge in [0.2, 0.25) is 5.91 Å². The first-order chi connectivity index (χ1) is 16.6. The lowest BCUT2D eigenvalue weighted by Crippen LogP contribution is -2.73. The lowest BCUT2D eigenvalue weighted by atomic mass is 9.73. The number of amides is 3. The number of piperazine rings is 1. The van der Waals surface area contributed by atoms with Crippen molar-refractivity contribution in [3.8, 4) is 11.8 Å². The van der Waals surface area contributed by atoms with Crippen LogP contribution < -0.4 is 5.32 Å². The summed E-state index contributed by atoms with van der Waals surface area (Å²) in [6, 6.07) is 16.8. The Hall–Kier alpha value is -3.30. The molecule has 0 spiro atoms. The predicted molar refractivity (Wildman–Crippen MR) is 131 cm³/mol. The van der Waals surface area contributed by atoms with Crippen LogP contribution in [0.25, 0.3) is 0 Å². The van der Waals surface area contributed by atoms with Gasteiger partial charge in [-0.15, -0.1) is 0 Å². The summed E-state index contributed by atoms with van der Waals surface area (Å²) in [6.07, 6.45) is 6.28. The minimum Gasteiger partial charge on any atom is -0.394 e. The van der Waals surface area contributed by atoms with E-state index in [1.807, 2.05) is 42.5 Å². The van der Waals surface area contributed by atoms with E-state index in [-0.39, 0.29) is 43.1 Å². The van der Waals surface area contributed by atoms with Crippen molar-refractivity contribution in [1.82, 2.24) is 9.80 Å². The fraction of sp³-hybridized carbons (Fsp3) is 0.429. The van der Waals surface area contributed by atoms with Crippen molar-refractivity contribution in [3.63, 3.8) is 0 Å². The molecule has 2 N–H and O–H groups in total. The molecule has 176 valence electrons. The van der Waals surface area contributed by atoms with Crippen molar-refractivity contribution in [3.05, 3.63) is 65.7 Å². The maximum Gasteiger partial charge on any atom is 0.322 e. The van der Waals surface area contributed by atoms with Crippen molar-refractivity contribution >= 4 is 17.6 Å². The van der Waals surface area contributed by atoms with E-state index in [4.69, 9.17) is 0 Å². The van der Waals surface area contributed by atoms with Gasteiger partial charge in [-0.2, -0.15) is 0 Å². The average molecular weight is 458 g/mol. The molecule has 1 saturated carbocycles. The number of hydrogen-bond acceptors (Lipinski definition) is 3. The number of nitrogens with one attached hydrogen (secondary N) is 1. The first-order valence-electron chi connectivity index (χ1n) is 12.3. The lowest BCUT2D eigenvalue weighted by Gasteiger charge is -2.58. The van der Waals surface area contributed by atoms with E-state index in [1.165, 1.54) is 32.1 Å². The second-order valence-corrected chi connectivity index (χ2v) is 9.55. The molecular formula is C28H31N3O3. The zero-order valence-electron chi connectivity index (χ0n) is 19.3. The Morgan fingerprint density at radius 3 is 2.47 bits per heavy atom. The molecule has 5 rings (SSSR count). The summed E-state index contributed by atoms with van der Waals surface area (Å²) in [4.78, 5) is 29.0. The van der Waals surface area contributed by atoms with E-state index >= 15 is 0 Å². The summed E-state index contributed by atoms with van der Waals surface area (Å²) in [6.45, 7) is 0.370. The monoisotopic (exact) mass is 457 g/mol. The van der Waals surface area contributed by atoms with Gasteiger partial charge in [0.1, 0.15) is 6.54 Å². The van der Waals surface area contributed by atoms with Crippen LogP contribution in [0.2, 0.25) is 0 Å². The fourth-order valence-corrected chi connectivity index (χ4v) is 5.60. The molecular weight excluding hydrogens is 426 g/mol. The van der Waals surface area contributed by atoms with Gasteiger partial charge in [-0.05, 0) is 42.7 Å². The highest BCUT2D eigenvalue weighted by molar-refractivity contribution is 5.93. The van der Waals surface area contributed by atoms with Gasteiger partial charge >= 0.3 is 6.03 Å². The number of carbonyl (C=O) groups is 2. The molecule has 3 atom stereocenters. The van der Waals surface area contributed by atoms with Crippen LogP contribution in [0.3, 0.4) is 0 Å². The van der Waals surface area contributed by atoms with Crippen LogP contribution in [0.15, 0.2) is 54.6 Å². The van der Waals surface area contributed by atoms with E-state index in [0.29, 0.717) is 18.2 Å². The van der Waals surface area contributed by atoms with E-state index < -0.39 is 0 Å². The van der Waals surface area contributed by atoms with Crippen LogP contribution in [0.4, 0.5) is 10.5 Å². The molecule has 34 heavy (non-hydrogen) atoms. The largest absolute Gasteiger partial charge is 0.394 e. The van der Waals surface area contributed by atoms with Crippen molar-refractivity contribution in [2.45, 2.75) is 50.1 Å². The molecule has 0 aromatic heterocycles. The zero-order chi connectivity index (χ0) is 23.5. The molecule has 3 amide bonds. The standard InChI is InChI=1S/C28H31N3O3/c32-19-25-27(22-15-13-21(14-16-22)12-11-20-7-3-1-4-8-20)24-17-30(18-26(33)31(24)25)28(34)29-23-9-5-2-6-10-23/h2,5-6,9-10,13-16,20,24-25,27,32H,1,3-4,7-8,17-19H2,(H,29,34)/t24-,25+,27-/m1/s1. The predicted octanol–water partition coefficient (Wildman–Crippen LogP) is 3.82. The van der Waals surface area contributed by atoms with Crippen LogP contribution in [0.1, 0.15) is 49.1 Å². The Bertz CT molecular complexity index is 1080. The normalized spacial score (nSPS) is 24.5. The van der Waals surface area contributed by atoms with Crippen LogP contribution in [-0.2, 0) is 4.79 Å². The van der Waals surface area contributed by atoms with Gasteiger partial charge in [0.25, 0.3) is 0 Å². The van der Waals surface area contributed by atoms with Crippen molar-refractivity contribution in [1.29, 1.82) is 0 Å². The van der Waals surface area contributed by atoms with Crippen LogP contribution in [-0.4, -0.2) is 58.6 Å². The van der Waals surface area contributed by atoms with Gasteiger partial charge in [0.05, 0.1) is 18.7 Å². The van der Waals surface area contributed by atoms with Crippen LogP contribution in [0, 0.1) is 17.8 Å². The number of benzene rings is 2. The number of carbonyl (C=O) groups excluding carboxylic acids is 2. The van der Waals surface area contributed by atoms with Gasteiger partial charge in [-0.25, -0.2) is 4.79 Å².